The molecule has 1 amide bonds. The van der Waals surface area contributed by atoms with Crippen molar-refractivity contribution in [1.29, 1.82) is 0 Å². The maximum absolute atomic E-state index is 12.0. The van der Waals surface area contributed by atoms with Crippen molar-refractivity contribution in [2.75, 3.05) is 11.9 Å². The summed E-state index contributed by atoms with van der Waals surface area (Å²) in [5.41, 5.74) is 0.811. The van der Waals surface area contributed by atoms with E-state index in [2.05, 4.69) is 15.5 Å². The highest BCUT2D eigenvalue weighted by Crippen LogP contribution is 2.21. The summed E-state index contributed by atoms with van der Waals surface area (Å²) < 4.78 is 9.84. The minimum absolute atomic E-state index is 0.0326. The van der Waals surface area contributed by atoms with Crippen LogP contribution in [-0.2, 0) is 4.74 Å². The summed E-state index contributed by atoms with van der Waals surface area (Å²) in [6, 6.07) is 3.22. The molecule has 0 fully saturated rings. The predicted octanol–water partition coefficient (Wildman–Crippen LogP) is 1.81. The molecule has 0 radical (unpaired) electrons. The number of hydrogen-bond donors (Lipinski definition) is 1. The third-order valence-electron chi connectivity index (χ3n) is 2.49. The van der Waals surface area contributed by atoms with Gasteiger partial charge in [0.1, 0.15) is 5.56 Å². The lowest BCUT2D eigenvalue weighted by atomic mass is 10.2. The van der Waals surface area contributed by atoms with Crippen LogP contribution in [0.4, 0.5) is 5.88 Å². The normalized spacial score (nSPS) is 10.1. The van der Waals surface area contributed by atoms with Crippen LogP contribution in [0.3, 0.4) is 0 Å². The van der Waals surface area contributed by atoms with Gasteiger partial charge in [-0.25, -0.2) is 4.79 Å². The maximum atomic E-state index is 12.0. The number of nitrogens with one attached hydrogen (secondary N) is 1. The van der Waals surface area contributed by atoms with Gasteiger partial charge in [0.15, 0.2) is 0 Å². The van der Waals surface area contributed by atoms with Crippen molar-refractivity contribution >= 4 is 17.8 Å². The van der Waals surface area contributed by atoms with E-state index in [1.165, 1.54) is 6.20 Å². The van der Waals surface area contributed by atoms with Crippen LogP contribution in [0.1, 0.15) is 33.3 Å². The zero-order valence-electron chi connectivity index (χ0n) is 11.0. The molecular formula is C13H13N3O4. The first-order chi connectivity index (χ1) is 9.63. The van der Waals surface area contributed by atoms with E-state index in [-0.39, 0.29) is 18.1 Å². The van der Waals surface area contributed by atoms with Gasteiger partial charge in [0, 0.05) is 12.4 Å². The fourth-order valence-corrected chi connectivity index (χ4v) is 1.57. The molecule has 20 heavy (non-hydrogen) atoms. The number of ether oxygens (including phenoxy) is 1. The molecule has 0 bridgehead atoms. The van der Waals surface area contributed by atoms with Crippen molar-refractivity contribution < 1.29 is 18.8 Å². The second-order valence-corrected chi connectivity index (χ2v) is 3.89. The summed E-state index contributed by atoms with van der Waals surface area (Å²) in [6.07, 6.45) is 2.96. The molecule has 0 saturated heterocycles. The van der Waals surface area contributed by atoms with Crippen LogP contribution in [0.2, 0.25) is 0 Å². The molecule has 0 aliphatic heterocycles. The summed E-state index contributed by atoms with van der Waals surface area (Å²) in [6.45, 7) is 3.50. The monoisotopic (exact) mass is 275 g/mol. The number of rotatable bonds is 4. The van der Waals surface area contributed by atoms with Gasteiger partial charge in [-0.3, -0.25) is 15.1 Å². The van der Waals surface area contributed by atoms with Crippen molar-refractivity contribution in [3.63, 3.8) is 0 Å². The number of anilines is 1. The van der Waals surface area contributed by atoms with Crippen LogP contribution >= 0.6 is 0 Å². The molecule has 2 rings (SSSR count). The minimum Gasteiger partial charge on any atom is -0.462 e. The lowest BCUT2D eigenvalue weighted by molar-refractivity contribution is 0.0526. The first-order valence-electron chi connectivity index (χ1n) is 5.98. The number of esters is 1. The zero-order chi connectivity index (χ0) is 14.5. The summed E-state index contributed by atoms with van der Waals surface area (Å²) in [5, 5.41) is 6.14. The molecule has 0 unspecified atom stereocenters. The van der Waals surface area contributed by atoms with E-state index >= 15 is 0 Å². The van der Waals surface area contributed by atoms with Crippen LogP contribution in [0, 0.1) is 6.92 Å². The van der Waals surface area contributed by atoms with Crippen LogP contribution in [-0.4, -0.2) is 28.6 Å². The minimum atomic E-state index is -0.590. The van der Waals surface area contributed by atoms with Crippen molar-refractivity contribution in [2.45, 2.75) is 13.8 Å². The third kappa shape index (κ3) is 2.82. The van der Waals surface area contributed by atoms with Gasteiger partial charge in [-0.2, -0.15) is 0 Å². The van der Waals surface area contributed by atoms with Crippen LogP contribution in [0.5, 0.6) is 0 Å². The highest BCUT2D eigenvalue weighted by Gasteiger charge is 2.23. The maximum Gasteiger partial charge on any atom is 0.345 e. The quantitative estimate of drug-likeness (QED) is 0.855. The number of pyridine rings is 1. The van der Waals surface area contributed by atoms with Crippen molar-refractivity contribution in [2.24, 2.45) is 0 Å². The third-order valence-corrected chi connectivity index (χ3v) is 2.49. The second kappa shape index (κ2) is 5.96. The Hall–Kier alpha value is -2.70. The molecule has 0 spiro atoms. The molecule has 2 aromatic rings. The first kappa shape index (κ1) is 13.7. The molecule has 0 aromatic carbocycles. The molecule has 1 N–H and O–H groups in total. The Morgan fingerprint density at radius 2 is 2.25 bits per heavy atom. The molecule has 0 aliphatic rings. The van der Waals surface area contributed by atoms with Gasteiger partial charge in [0.05, 0.1) is 17.9 Å². The number of hydrogen-bond acceptors (Lipinski definition) is 6. The van der Waals surface area contributed by atoms with Gasteiger partial charge in [0.2, 0.25) is 5.88 Å². The van der Waals surface area contributed by atoms with E-state index in [9.17, 15) is 9.59 Å². The SMILES string of the molecule is CCOC(=O)c1c(C)noc1NC(=O)c1cccnc1. The lowest BCUT2D eigenvalue weighted by Crippen LogP contribution is -2.15. The number of aromatic nitrogens is 2. The molecule has 0 atom stereocenters. The average molecular weight is 275 g/mol. The largest absolute Gasteiger partial charge is 0.462 e. The van der Waals surface area contributed by atoms with Gasteiger partial charge in [0.25, 0.3) is 5.91 Å². The summed E-state index contributed by atoms with van der Waals surface area (Å²) >= 11 is 0. The van der Waals surface area contributed by atoms with E-state index < -0.39 is 11.9 Å². The predicted molar refractivity (Wildman–Crippen MR) is 69.4 cm³/mol. The van der Waals surface area contributed by atoms with Gasteiger partial charge < -0.3 is 9.26 Å². The topological polar surface area (TPSA) is 94.3 Å². The number of amides is 1. The highest BCUT2D eigenvalue weighted by molar-refractivity contribution is 6.06. The molecule has 0 aliphatic carbocycles. The fraction of sp³-hybridized carbons (Fsp3) is 0.231. The number of aryl methyl sites for hydroxylation is 1. The van der Waals surface area contributed by atoms with Crippen LogP contribution in [0.25, 0.3) is 0 Å². The molecular weight excluding hydrogens is 262 g/mol. The standard InChI is InChI=1S/C13H13N3O4/c1-3-19-13(18)10-8(2)16-20-12(10)15-11(17)9-5-4-6-14-7-9/h4-7H,3H2,1-2H3,(H,15,17). The molecule has 7 nitrogen and oxygen atoms in total. The summed E-state index contributed by atoms with van der Waals surface area (Å²) in [7, 11) is 0. The molecule has 2 heterocycles. The van der Waals surface area contributed by atoms with Crippen molar-refractivity contribution in [3.8, 4) is 0 Å². The average Bonchev–Trinajstić information content (AvgIpc) is 2.81. The van der Waals surface area contributed by atoms with E-state index in [0.717, 1.165) is 0 Å². The van der Waals surface area contributed by atoms with Gasteiger partial charge in [-0.1, -0.05) is 5.16 Å². The lowest BCUT2D eigenvalue weighted by Gasteiger charge is -2.04. The van der Waals surface area contributed by atoms with Crippen molar-refractivity contribution in [1.82, 2.24) is 10.1 Å². The van der Waals surface area contributed by atoms with E-state index in [1.807, 2.05) is 0 Å². The van der Waals surface area contributed by atoms with Crippen molar-refractivity contribution in [3.05, 3.63) is 41.3 Å². The summed E-state index contributed by atoms with van der Waals surface area (Å²) in [4.78, 5) is 27.6. The number of carbonyl (C=O) groups is 2. The van der Waals surface area contributed by atoms with Gasteiger partial charge in [-0.05, 0) is 26.0 Å². The Morgan fingerprint density at radius 1 is 1.45 bits per heavy atom. The van der Waals surface area contributed by atoms with Crippen LogP contribution < -0.4 is 5.32 Å². The second-order valence-electron chi connectivity index (χ2n) is 3.89. The number of carbonyl (C=O) groups excluding carboxylic acids is 2. The van der Waals surface area contributed by atoms with Gasteiger partial charge in [-0.15, -0.1) is 0 Å². The van der Waals surface area contributed by atoms with Crippen LogP contribution in [0.15, 0.2) is 29.0 Å². The Labute approximate surface area is 114 Å². The first-order valence-corrected chi connectivity index (χ1v) is 5.98. The molecule has 2 aromatic heterocycles. The summed E-state index contributed by atoms with van der Waals surface area (Å²) in [5.74, 6) is -1.07. The highest BCUT2D eigenvalue weighted by atomic mass is 16.5. The van der Waals surface area contributed by atoms with E-state index in [1.54, 1.807) is 32.2 Å². The molecule has 0 saturated carbocycles. The van der Waals surface area contributed by atoms with Gasteiger partial charge >= 0.3 is 5.97 Å². The van der Waals surface area contributed by atoms with E-state index in [4.69, 9.17) is 9.26 Å². The Balaban J connectivity index is 2.22. The zero-order valence-corrected chi connectivity index (χ0v) is 11.0. The molecule has 104 valence electrons. The Bertz CT molecular complexity index is 622. The van der Waals surface area contributed by atoms with E-state index in [0.29, 0.717) is 11.3 Å². The fourth-order valence-electron chi connectivity index (χ4n) is 1.57. The molecule has 7 heteroatoms. The smallest absolute Gasteiger partial charge is 0.345 e. The number of nitrogens with zero attached hydrogens (tertiary/aromatic N) is 2. The Morgan fingerprint density at radius 3 is 2.90 bits per heavy atom. The Kier molecular flexibility index (Phi) is 4.09.